The summed E-state index contributed by atoms with van der Waals surface area (Å²) >= 11 is 5.64. The molecule has 0 aliphatic carbocycles. The van der Waals surface area contributed by atoms with Crippen molar-refractivity contribution in [2.45, 2.75) is 26.3 Å². The van der Waals surface area contributed by atoms with Crippen LogP contribution in [0, 0.1) is 6.92 Å². The van der Waals surface area contributed by atoms with E-state index in [2.05, 4.69) is 43.1 Å². The monoisotopic (exact) mass is 225 g/mol. The second-order valence-corrected chi connectivity index (χ2v) is 4.50. The summed E-state index contributed by atoms with van der Waals surface area (Å²) in [6, 6.07) is 8.74. The van der Waals surface area contributed by atoms with Gasteiger partial charge in [0.2, 0.25) is 0 Å². The maximum Gasteiger partial charge on any atom is 0.0230 e. The normalized spacial score (nSPS) is 10.9. The van der Waals surface area contributed by atoms with Crippen LogP contribution < -0.4 is 0 Å². The molecule has 0 unspecified atom stereocenters. The van der Waals surface area contributed by atoms with Crippen molar-refractivity contribution in [1.82, 2.24) is 4.90 Å². The fourth-order valence-electron chi connectivity index (χ4n) is 1.56. The first kappa shape index (κ1) is 12.5. The molecule has 0 bridgehead atoms. The molecule has 0 saturated heterocycles. The molecule has 0 aliphatic heterocycles. The minimum Gasteiger partial charge on any atom is -0.302 e. The predicted molar refractivity (Wildman–Crippen MR) is 67.5 cm³/mol. The van der Waals surface area contributed by atoms with E-state index in [0.717, 1.165) is 25.4 Å². The average Bonchev–Trinajstić information content (AvgIpc) is 2.22. The predicted octanol–water partition coefficient (Wildman–Crippen LogP) is 3.45. The van der Waals surface area contributed by atoms with Gasteiger partial charge < -0.3 is 4.90 Å². The quantitative estimate of drug-likeness (QED) is 0.530. The molecule has 1 aromatic carbocycles. The van der Waals surface area contributed by atoms with Crippen LogP contribution in [0.2, 0.25) is 0 Å². The third-order valence-electron chi connectivity index (χ3n) is 2.50. The Morgan fingerprint density at radius 1 is 1.13 bits per heavy atom. The number of halogens is 1. The highest BCUT2D eigenvalue weighted by Crippen LogP contribution is 2.06. The summed E-state index contributed by atoms with van der Waals surface area (Å²) in [5.74, 6) is 0.776. The van der Waals surface area contributed by atoms with Gasteiger partial charge in [0.15, 0.2) is 0 Å². The van der Waals surface area contributed by atoms with Crippen LogP contribution in [0.1, 0.15) is 24.0 Å². The van der Waals surface area contributed by atoms with Gasteiger partial charge in [0.05, 0.1) is 0 Å². The highest BCUT2D eigenvalue weighted by molar-refractivity contribution is 6.17. The summed E-state index contributed by atoms with van der Waals surface area (Å²) < 4.78 is 0. The van der Waals surface area contributed by atoms with E-state index >= 15 is 0 Å². The molecule has 1 nitrogen and oxygen atoms in total. The number of nitrogens with zero attached hydrogens (tertiary/aromatic N) is 1. The summed E-state index contributed by atoms with van der Waals surface area (Å²) in [4.78, 5) is 2.34. The van der Waals surface area contributed by atoms with Gasteiger partial charge in [-0.05, 0) is 38.9 Å². The van der Waals surface area contributed by atoms with Crippen LogP contribution in [0.4, 0.5) is 0 Å². The van der Waals surface area contributed by atoms with Crippen molar-refractivity contribution in [3.63, 3.8) is 0 Å². The molecule has 84 valence electrons. The largest absolute Gasteiger partial charge is 0.302 e. The number of rotatable bonds is 6. The van der Waals surface area contributed by atoms with Gasteiger partial charge in [-0.15, -0.1) is 11.6 Å². The summed E-state index contributed by atoms with van der Waals surface area (Å²) in [7, 11) is 2.16. The minimum atomic E-state index is 0.776. The molecule has 0 N–H and O–H groups in total. The molecular weight excluding hydrogens is 206 g/mol. The SMILES string of the molecule is Cc1ccc(CN(C)CCCCCl)cc1. The molecule has 0 aromatic heterocycles. The number of unbranched alkanes of at least 4 members (excludes halogenated alkanes) is 1. The van der Waals surface area contributed by atoms with E-state index in [1.807, 2.05) is 0 Å². The Labute approximate surface area is 98.0 Å². The van der Waals surface area contributed by atoms with E-state index in [1.54, 1.807) is 0 Å². The third-order valence-corrected chi connectivity index (χ3v) is 2.76. The molecule has 0 amide bonds. The highest BCUT2D eigenvalue weighted by Gasteiger charge is 1.99. The molecule has 0 spiro atoms. The Morgan fingerprint density at radius 2 is 1.80 bits per heavy atom. The van der Waals surface area contributed by atoms with E-state index in [0.29, 0.717) is 0 Å². The van der Waals surface area contributed by atoms with Crippen LogP contribution in [0.15, 0.2) is 24.3 Å². The number of aryl methyl sites for hydroxylation is 1. The van der Waals surface area contributed by atoms with Gasteiger partial charge in [-0.25, -0.2) is 0 Å². The third kappa shape index (κ3) is 5.19. The summed E-state index contributed by atoms with van der Waals surface area (Å²) in [6.07, 6.45) is 2.30. The van der Waals surface area contributed by atoms with Crippen molar-refractivity contribution in [3.05, 3.63) is 35.4 Å². The topological polar surface area (TPSA) is 3.24 Å². The lowest BCUT2D eigenvalue weighted by molar-refractivity contribution is 0.321. The second kappa shape index (κ2) is 6.86. The van der Waals surface area contributed by atoms with Crippen LogP contribution >= 0.6 is 11.6 Å². The van der Waals surface area contributed by atoms with E-state index in [4.69, 9.17) is 11.6 Å². The minimum absolute atomic E-state index is 0.776. The molecule has 0 aliphatic rings. The molecule has 0 radical (unpaired) electrons. The Kier molecular flexibility index (Phi) is 5.74. The summed E-state index contributed by atoms with van der Waals surface area (Å²) in [6.45, 7) is 4.27. The first-order valence-corrected chi connectivity index (χ1v) is 6.06. The van der Waals surface area contributed by atoms with E-state index in [9.17, 15) is 0 Å². The first-order chi connectivity index (χ1) is 7.22. The van der Waals surface area contributed by atoms with Crippen LogP contribution in [0.25, 0.3) is 0 Å². The fourth-order valence-corrected chi connectivity index (χ4v) is 1.75. The van der Waals surface area contributed by atoms with E-state index < -0.39 is 0 Å². The number of alkyl halides is 1. The highest BCUT2D eigenvalue weighted by atomic mass is 35.5. The molecule has 0 saturated carbocycles. The van der Waals surface area contributed by atoms with Gasteiger partial charge >= 0.3 is 0 Å². The zero-order chi connectivity index (χ0) is 11.1. The molecule has 1 aromatic rings. The van der Waals surface area contributed by atoms with Gasteiger partial charge in [-0.3, -0.25) is 0 Å². The maximum absolute atomic E-state index is 5.64. The van der Waals surface area contributed by atoms with Crippen LogP contribution in [-0.4, -0.2) is 24.4 Å². The summed E-state index contributed by atoms with van der Waals surface area (Å²) in [5, 5.41) is 0. The Balaban J connectivity index is 2.31. The van der Waals surface area contributed by atoms with Crippen LogP contribution in [0.5, 0.6) is 0 Å². The van der Waals surface area contributed by atoms with Gasteiger partial charge in [-0.1, -0.05) is 29.8 Å². The molecule has 2 heteroatoms. The number of benzene rings is 1. The summed E-state index contributed by atoms with van der Waals surface area (Å²) in [5.41, 5.74) is 2.71. The molecule has 1 rings (SSSR count). The zero-order valence-corrected chi connectivity index (χ0v) is 10.4. The van der Waals surface area contributed by atoms with Crippen LogP contribution in [-0.2, 0) is 6.54 Å². The second-order valence-electron chi connectivity index (χ2n) is 4.12. The Morgan fingerprint density at radius 3 is 2.40 bits per heavy atom. The van der Waals surface area contributed by atoms with Gasteiger partial charge in [0.1, 0.15) is 0 Å². The molecule has 0 heterocycles. The van der Waals surface area contributed by atoms with Crippen LogP contribution in [0.3, 0.4) is 0 Å². The first-order valence-electron chi connectivity index (χ1n) is 5.52. The maximum atomic E-state index is 5.64. The molecule has 0 atom stereocenters. The van der Waals surface area contributed by atoms with Gasteiger partial charge in [0.25, 0.3) is 0 Å². The smallest absolute Gasteiger partial charge is 0.0230 e. The standard InChI is InChI=1S/C13H20ClN/c1-12-5-7-13(8-6-12)11-15(2)10-4-3-9-14/h5-8H,3-4,9-11H2,1-2H3. The van der Waals surface area contributed by atoms with Crippen molar-refractivity contribution in [2.75, 3.05) is 19.5 Å². The van der Waals surface area contributed by atoms with Crippen molar-refractivity contribution in [3.8, 4) is 0 Å². The fraction of sp³-hybridized carbons (Fsp3) is 0.538. The van der Waals surface area contributed by atoms with Crippen molar-refractivity contribution < 1.29 is 0 Å². The van der Waals surface area contributed by atoms with Crippen molar-refractivity contribution in [2.24, 2.45) is 0 Å². The lowest BCUT2D eigenvalue weighted by Gasteiger charge is -2.16. The van der Waals surface area contributed by atoms with E-state index in [-0.39, 0.29) is 0 Å². The number of hydrogen-bond donors (Lipinski definition) is 0. The lowest BCUT2D eigenvalue weighted by Crippen LogP contribution is -2.19. The van der Waals surface area contributed by atoms with E-state index in [1.165, 1.54) is 17.5 Å². The average molecular weight is 226 g/mol. The molecular formula is C13H20ClN. The Hall–Kier alpha value is -0.530. The number of hydrogen-bond acceptors (Lipinski definition) is 1. The Bertz CT molecular complexity index is 268. The lowest BCUT2D eigenvalue weighted by atomic mass is 10.1. The van der Waals surface area contributed by atoms with Gasteiger partial charge in [0, 0.05) is 12.4 Å². The van der Waals surface area contributed by atoms with Crippen molar-refractivity contribution in [1.29, 1.82) is 0 Å². The zero-order valence-electron chi connectivity index (χ0n) is 9.67. The molecule has 15 heavy (non-hydrogen) atoms. The van der Waals surface area contributed by atoms with Crippen molar-refractivity contribution >= 4 is 11.6 Å². The molecule has 0 fully saturated rings. The van der Waals surface area contributed by atoms with Gasteiger partial charge in [-0.2, -0.15) is 0 Å².